The van der Waals surface area contributed by atoms with E-state index in [1.54, 1.807) is 13.2 Å². The highest BCUT2D eigenvalue weighted by Gasteiger charge is 2.14. The van der Waals surface area contributed by atoms with Crippen molar-refractivity contribution < 1.29 is 14.6 Å². The van der Waals surface area contributed by atoms with Crippen LogP contribution in [-0.2, 0) is 4.74 Å². The van der Waals surface area contributed by atoms with Gasteiger partial charge in [0.1, 0.15) is 5.75 Å². The third-order valence-electron chi connectivity index (χ3n) is 2.13. The Labute approximate surface area is 94.5 Å². The van der Waals surface area contributed by atoms with Gasteiger partial charge in [0, 0.05) is 26.0 Å². The second-order valence-corrected chi connectivity index (χ2v) is 3.53. The second kappa shape index (κ2) is 6.07. The average Bonchev–Trinajstić information content (AvgIpc) is 2.26. The molecule has 1 unspecified atom stereocenters. The van der Waals surface area contributed by atoms with E-state index in [4.69, 9.17) is 4.74 Å². The van der Waals surface area contributed by atoms with Crippen molar-refractivity contribution in [2.45, 2.75) is 19.4 Å². The number of aromatic hydroxyl groups is 1. The number of nitrogens with one attached hydrogen (secondary N) is 1. The summed E-state index contributed by atoms with van der Waals surface area (Å²) in [6.07, 6.45) is 2.18. The first-order valence-corrected chi connectivity index (χ1v) is 5.09. The molecule has 0 aromatic carbocycles. The SMILES string of the molecule is COCCC(C)NC(=O)c1ncccc1O. The van der Waals surface area contributed by atoms with Crippen LogP contribution in [0, 0.1) is 0 Å². The minimum atomic E-state index is -0.373. The normalized spacial score (nSPS) is 12.1. The van der Waals surface area contributed by atoms with Gasteiger partial charge in [0.25, 0.3) is 5.91 Å². The van der Waals surface area contributed by atoms with Gasteiger partial charge in [0.15, 0.2) is 5.69 Å². The first kappa shape index (κ1) is 12.4. The van der Waals surface area contributed by atoms with Crippen molar-refractivity contribution >= 4 is 5.91 Å². The lowest BCUT2D eigenvalue weighted by molar-refractivity contribution is 0.0921. The number of rotatable bonds is 5. The molecule has 1 rings (SSSR count). The summed E-state index contributed by atoms with van der Waals surface area (Å²) in [4.78, 5) is 15.5. The van der Waals surface area contributed by atoms with Gasteiger partial charge in [-0.05, 0) is 25.5 Å². The number of ether oxygens (including phenoxy) is 1. The lowest BCUT2D eigenvalue weighted by atomic mass is 10.2. The summed E-state index contributed by atoms with van der Waals surface area (Å²) in [5.41, 5.74) is 0.0479. The van der Waals surface area contributed by atoms with E-state index in [2.05, 4.69) is 10.3 Å². The molecule has 0 aliphatic heterocycles. The molecule has 0 aliphatic carbocycles. The summed E-state index contributed by atoms with van der Waals surface area (Å²) in [7, 11) is 1.61. The third kappa shape index (κ3) is 3.51. The molecular weight excluding hydrogens is 208 g/mol. The molecule has 0 bridgehead atoms. The van der Waals surface area contributed by atoms with Gasteiger partial charge >= 0.3 is 0 Å². The molecule has 1 aromatic rings. The smallest absolute Gasteiger partial charge is 0.273 e. The molecule has 88 valence electrons. The van der Waals surface area contributed by atoms with Gasteiger partial charge in [-0.3, -0.25) is 4.79 Å². The molecule has 2 N–H and O–H groups in total. The van der Waals surface area contributed by atoms with E-state index in [0.29, 0.717) is 6.61 Å². The Kier molecular flexibility index (Phi) is 4.72. The highest BCUT2D eigenvalue weighted by molar-refractivity contribution is 5.94. The molecule has 1 amide bonds. The van der Waals surface area contributed by atoms with Crippen molar-refractivity contribution in [2.75, 3.05) is 13.7 Å². The number of carbonyl (C=O) groups is 1. The van der Waals surface area contributed by atoms with Crippen molar-refractivity contribution in [1.29, 1.82) is 0 Å². The largest absolute Gasteiger partial charge is 0.505 e. The summed E-state index contributed by atoms with van der Waals surface area (Å²) >= 11 is 0. The molecule has 1 heterocycles. The summed E-state index contributed by atoms with van der Waals surface area (Å²) < 4.78 is 4.91. The number of nitrogens with zero attached hydrogens (tertiary/aromatic N) is 1. The molecule has 1 aromatic heterocycles. The molecule has 0 spiro atoms. The Morgan fingerprint density at radius 3 is 3.06 bits per heavy atom. The van der Waals surface area contributed by atoms with E-state index in [1.807, 2.05) is 6.92 Å². The Morgan fingerprint density at radius 2 is 2.44 bits per heavy atom. The fourth-order valence-corrected chi connectivity index (χ4v) is 1.23. The Hall–Kier alpha value is -1.62. The van der Waals surface area contributed by atoms with Crippen LogP contribution >= 0.6 is 0 Å². The number of aromatic nitrogens is 1. The van der Waals surface area contributed by atoms with Gasteiger partial charge in [-0.2, -0.15) is 0 Å². The minimum Gasteiger partial charge on any atom is -0.505 e. The topological polar surface area (TPSA) is 71.5 Å². The van der Waals surface area contributed by atoms with Gasteiger partial charge in [-0.25, -0.2) is 4.98 Å². The second-order valence-electron chi connectivity index (χ2n) is 3.53. The first-order chi connectivity index (χ1) is 7.65. The van der Waals surface area contributed by atoms with E-state index in [0.717, 1.165) is 6.42 Å². The van der Waals surface area contributed by atoms with Crippen molar-refractivity contribution in [3.8, 4) is 5.75 Å². The molecule has 1 atom stereocenters. The molecule has 0 saturated carbocycles. The summed E-state index contributed by atoms with van der Waals surface area (Å²) in [5.74, 6) is -0.486. The van der Waals surface area contributed by atoms with Gasteiger partial charge in [-0.15, -0.1) is 0 Å². The van der Waals surface area contributed by atoms with E-state index in [9.17, 15) is 9.90 Å². The van der Waals surface area contributed by atoms with E-state index >= 15 is 0 Å². The number of carbonyl (C=O) groups excluding carboxylic acids is 1. The number of hydrogen-bond donors (Lipinski definition) is 2. The quantitative estimate of drug-likeness (QED) is 0.780. The fourth-order valence-electron chi connectivity index (χ4n) is 1.23. The zero-order chi connectivity index (χ0) is 12.0. The van der Waals surface area contributed by atoms with Gasteiger partial charge < -0.3 is 15.2 Å². The van der Waals surface area contributed by atoms with Crippen LogP contribution in [0.15, 0.2) is 18.3 Å². The maximum atomic E-state index is 11.7. The van der Waals surface area contributed by atoms with E-state index in [-0.39, 0.29) is 23.4 Å². The maximum Gasteiger partial charge on any atom is 0.273 e. The molecular formula is C11H16N2O3. The van der Waals surface area contributed by atoms with Gasteiger partial charge in [0.05, 0.1) is 0 Å². The third-order valence-corrected chi connectivity index (χ3v) is 2.13. The zero-order valence-electron chi connectivity index (χ0n) is 9.43. The van der Waals surface area contributed by atoms with Crippen molar-refractivity contribution in [3.63, 3.8) is 0 Å². The minimum absolute atomic E-state index is 0.0196. The molecule has 0 fully saturated rings. The standard InChI is InChI=1S/C11H16N2O3/c1-8(5-7-16-2)13-11(15)10-9(14)4-3-6-12-10/h3-4,6,8,14H,5,7H2,1-2H3,(H,13,15). The highest BCUT2D eigenvalue weighted by Crippen LogP contribution is 2.12. The Morgan fingerprint density at radius 1 is 1.69 bits per heavy atom. The van der Waals surface area contributed by atoms with Crippen molar-refractivity contribution in [1.82, 2.24) is 10.3 Å². The van der Waals surface area contributed by atoms with Crippen LogP contribution in [-0.4, -0.2) is 35.8 Å². The highest BCUT2D eigenvalue weighted by atomic mass is 16.5. The molecule has 0 saturated heterocycles. The van der Waals surface area contributed by atoms with Crippen molar-refractivity contribution in [3.05, 3.63) is 24.0 Å². The maximum absolute atomic E-state index is 11.7. The van der Waals surface area contributed by atoms with Gasteiger partial charge in [-0.1, -0.05) is 0 Å². The predicted molar refractivity (Wildman–Crippen MR) is 59.3 cm³/mol. The summed E-state index contributed by atoms with van der Waals surface area (Å²) in [5, 5.41) is 12.2. The predicted octanol–water partition coefficient (Wildman–Crippen LogP) is 0.942. The van der Waals surface area contributed by atoms with E-state index in [1.165, 1.54) is 12.3 Å². The van der Waals surface area contributed by atoms with Crippen LogP contribution in [0.4, 0.5) is 0 Å². The van der Waals surface area contributed by atoms with Crippen LogP contribution in [0.25, 0.3) is 0 Å². The average molecular weight is 224 g/mol. The Balaban J connectivity index is 2.56. The van der Waals surface area contributed by atoms with Crippen LogP contribution in [0.2, 0.25) is 0 Å². The molecule has 0 radical (unpaired) electrons. The summed E-state index contributed by atoms with van der Waals surface area (Å²) in [6.45, 7) is 2.45. The fraction of sp³-hybridized carbons (Fsp3) is 0.455. The monoisotopic (exact) mass is 224 g/mol. The van der Waals surface area contributed by atoms with Crippen LogP contribution in [0.1, 0.15) is 23.8 Å². The number of hydrogen-bond acceptors (Lipinski definition) is 4. The molecule has 5 heteroatoms. The Bertz CT molecular complexity index is 355. The lowest BCUT2D eigenvalue weighted by Gasteiger charge is -2.13. The lowest BCUT2D eigenvalue weighted by Crippen LogP contribution is -2.33. The first-order valence-electron chi connectivity index (χ1n) is 5.09. The van der Waals surface area contributed by atoms with Crippen LogP contribution in [0.3, 0.4) is 0 Å². The van der Waals surface area contributed by atoms with Crippen LogP contribution < -0.4 is 5.32 Å². The molecule has 16 heavy (non-hydrogen) atoms. The molecule has 0 aliphatic rings. The number of methoxy groups -OCH3 is 1. The molecule has 5 nitrogen and oxygen atoms in total. The number of pyridine rings is 1. The van der Waals surface area contributed by atoms with Gasteiger partial charge in [0.2, 0.25) is 0 Å². The summed E-state index contributed by atoms with van der Waals surface area (Å²) in [6, 6.07) is 2.98. The van der Waals surface area contributed by atoms with Crippen LogP contribution in [0.5, 0.6) is 5.75 Å². The number of amides is 1. The van der Waals surface area contributed by atoms with Crippen molar-refractivity contribution in [2.24, 2.45) is 0 Å². The van der Waals surface area contributed by atoms with E-state index < -0.39 is 0 Å². The zero-order valence-corrected chi connectivity index (χ0v) is 9.43.